The van der Waals surface area contributed by atoms with Crippen molar-refractivity contribution in [3.8, 4) is 0 Å². The number of rotatable bonds is 4. The minimum absolute atomic E-state index is 0.0151. The molecule has 3 aliphatic rings. The van der Waals surface area contributed by atoms with Gasteiger partial charge in [0.25, 0.3) is 5.91 Å². The fourth-order valence-corrected chi connectivity index (χ4v) is 4.98. The molecule has 1 atom stereocenters. The molecular formula is C23H30N6O3. The van der Waals surface area contributed by atoms with Gasteiger partial charge >= 0.3 is 6.03 Å². The van der Waals surface area contributed by atoms with Crippen LogP contribution >= 0.6 is 0 Å². The molecule has 1 saturated heterocycles. The van der Waals surface area contributed by atoms with Crippen LogP contribution in [0.3, 0.4) is 0 Å². The summed E-state index contributed by atoms with van der Waals surface area (Å²) in [5, 5.41) is 14.7. The first-order valence-electron chi connectivity index (χ1n) is 11.5. The molecule has 3 heterocycles. The van der Waals surface area contributed by atoms with Crippen LogP contribution in [-0.4, -0.2) is 56.6 Å². The molecular weight excluding hydrogens is 408 g/mol. The van der Waals surface area contributed by atoms with Crippen LogP contribution in [-0.2, 0) is 24.4 Å². The Balaban J connectivity index is 1.18. The molecule has 2 aliphatic heterocycles. The maximum absolute atomic E-state index is 12.6. The smallest absolute Gasteiger partial charge is 0.317 e. The van der Waals surface area contributed by atoms with E-state index in [0.29, 0.717) is 44.4 Å². The highest BCUT2D eigenvalue weighted by atomic mass is 16.5. The average molecular weight is 439 g/mol. The summed E-state index contributed by atoms with van der Waals surface area (Å²) in [7, 11) is 0. The Morgan fingerprint density at radius 1 is 1.25 bits per heavy atom. The van der Waals surface area contributed by atoms with Gasteiger partial charge in [0.05, 0.1) is 31.9 Å². The zero-order valence-electron chi connectivity index (χ0n) is 18.5. The van der Waals surface area contributed by atoms with E-state index in [4.69, 9.17) is 4.74 Å². The second kappa shape index (κ2) is 8.54. The lowest BCUT2D eigenvalue weighted by Crippen LogP contribution is -2.48. The third kappa shape index (κ3) is 4.21. The van der Waals surface area contributed by atoms with Crippen LogP contribution in [0, 0.1) is 6.92 Å². The van der Waals surface area contributed by atoms with Crippen LogP contribution < -0.4 is 10.6 Å². The number of hydrogen-bond donors (Lipinski definition) is 2. The Labute approximate surface area is 187 Å². The molecule has 170 valence electrons. The predicted octanol–water partition coefficient (Wildman–Crippen LogP) is 2.14. The van der Waals surface area contributed by atoms with Gasteiger partial charge in [-0.3, -0.25) is 4.79 Å². The van der Waals surface area contributed by atoms with E-state index in [9.17, 15) is 9.59 Å². The summed E-state index contributed by atoms with van der Waals surface area (Å²) in [6, 6.07) is 7.81. The minimum atomic E-state index is -0.421. The van der Waals surface area contributed by atoms with Gasteiger partial charge in [-0.05, 0) is 38.3 Å². The second-order valence-corrected chi connectivity index (χ2v) is 9.27. The number of urea groups is 1. The summed E-state index contributed by atoms with van der Waals surface area (Å²) in [6.07, 6.45) is 5.32. The van der Waals surface area contributed by atoms with E-state index >= 15 is 0 Å². The molecule has 1 saturated carbocycles. The fourth-order valence-electron chi connectivity index (χ4n) is 4.98. The Kier molecular flexibility index (Phi) is 5.58. The van der Waals surface area contributed by atoms with Crippen molar-refractivity contribution in [1.29, 1.82) is 0 Å². The van der Waals surface area contributed by atoms with Gasteiger partial charge in [-0.15, -0.1) is 5.10 Å². The van der Waals surface area contributed by atoms with Crippen molar-refractivity contribution in [1.82, 2.24) is 30.5 Å². The van der Waals surface area contributed by atoms with Crippen molar-refractivity contribution >= 4 is 11.9 Å². The molecule has 0 radical (unpaired) electrons. The van der Waals surface area contributed by atoms with E-state index in [0.717, 1.165) is 36.2 Å². The normalized spacial score (nSPS) is 22.8. The topological polar surface area (TPSA) is 101 Å². The van der Waals surface area contributed by atoms with Gasteiger partial charge < -0.3 is 20.3 Å². The van der Waals surface area contributed by atoms with E-state index in [1.807, 2.05) is 34.7 Å². The highest BCUT2D eigenvalue weighted by molar-refractivity contribution is 5.94. The molecule has 1 aliphatic carbocycles. The number of nitrogens with one attached hydrogen (secondary N) is 2. The zero-order chi connectivity index (χ0) is 22.1. The molecule has 9 nitrogen and oxygen atoms in total. The molecule has 2 N–H and O–H groups in total. The number of ether oxygens (including phenoxy) is 1. The largest absolute Gasteiger partial charge is 0.365 e. The van der Waals surface area contributed by atoms with E-state index in [1.165, 1.54) is 12.8 Å². The lowest BCUT2D eigenvalue weighted by Gasteiger charge is -2.34. The third-order valence-corrected chi connectivity index (χ3v) is 6.85. The van der Waals surface area contributed by atoms with Crippen LogP contribution in [0.5, 0.6) is 0 Å². The number of aryl methyl sites for hydroxylation is 1. The van der Waals surface area contributed by atoms with Crippen molar-refractivity contribution in [3.05, 3.63) is 46.8 Å². The van der Waals surface area contributed by atoms with Crippen molar-refractivity contribution < 1.29 is 14.3 Å². The van der Waals surface area contributed by atoms with Crippen molar-refractivity contribution in [2.24, 2.45) is 0 Å². The number of carbonyl (C=O) groups is 2. The lowest BCUT2D eigenvalue weighted by molar-refractivity contribution is -0.0824. The van der Waals surface area contributed by atoms with Gasteiger partial charge in [-0.1, -0.05) is 35.8 Å². The first-order chi connectivity index (χ1) is 15.5. The van der Waals surface area contributed by atoms with E-state index in [-0.39, 0.29) is 11.9 Å². The summed E-state index contributed by atoms with van der Waals surface area (Å²) in [4.78, 5) is 27.0. The SMILES string of the molecule is Cc1cccc(C(=O)NCc2nnn3c2COC2(CCN(C(=O)NC4CCCC4)C2)C3)c1. The quantitative estimate of drug-likeness (QED) is 0.762. The average Bonchev–Trinajstić information content (AvgIpc) is 3.53. The number of carbonyl (C=O) groups excluding carboxylic acids is 2. The monoisotopic (exact) mass is 438 g/mol. The molecule has 9 heteroatoms. The standard InChI is InChI=1S/C23H30N6O3/c1-16-5-4-6-17(11-16)21(30)24-12-19-20-13-32-23(15-29(20)27-26-19)9-10-28(14-23)22(31)25-18-7-2-3-8-18/h4-6,11,18H,2-3,7-10,12-15H2,1H3,(H,24,30)(H,25,31). The van der Waals surface area contributed by atoms with Crippen molar-refractivity contribution in [2.75, 3.05) is 13.1 Å². The van der Waals surface area contributed by atoms with Crippen LogP contribution in [0.1, 0.15) is 59.4 Å². The Bertz CT molecular complexity index is 1010. The molecule has 1 unspecified atom stereocenters. The maximum Gasteiger partial charge on any atom is 0.317 e. The van der Waals surface area contributed by atoms with Crippen LogP contribution in [0.4, 0.5) is 4.79 Å². The fraction of sp³-hybridized carbons (Fsp3) is 0.565. The highest BCUT2D eigenvalue weighted by Gasteiger charge is 2.45. The number of hydrogen-bond acceptors (Lipinski definition) is 5. The Hall–Kier alpha value is -2.94. The van der Waals surface area contributed by atoms with Gasteiger partial charge in [0.15, 0.2) is 0 Å². The maximum atomic E-state index is 12.6. The molecule has 1 spiro atoms. The summed E-state index contributed by atoms with van der Waals surface area (Å²) < 4.78 is 8.15. The van der Waals surface area contributed by atoms with E-state index in [1.54, 1.807) is 6.07 Å². The number of amides is 3. The number of nitrogens with zero attached hydrogens (tertiary/aromatic N) is 4. The number of fused-ring (bicyclic) bond motifs is 1. The van der Waals surface area contributed by atoms with E-state index < -0.39 is 5.60 Å². The first-order valence-corrected chi connectivity index (χ1v) is 11.5. The molecule has 5 rings (SSSR count). The van der Waals surface area contributed by atoms with Crippen molar-refractivity contribution in [2.45, 2.75) is 70.4 Å². The number of aromatic nitrogens is 3. The lowest BCUT2D eigenvalue weighted by atomic mass is 10.0. The van der Waals surface area contributed by atoms with Gasteiger partial charge in [0.1, 0.15) is 11.3 Å². The van der Waals surface area contributed by atoms with Gasteiger partial charge in [-0.2, -0.15) is 0 Å². The Morgan fingerprint density at radius 3 is 2.91 bits per heavy atom. The molecule has 1 aromatic heterocycles. The summed E-state index contributed by atoms with van der Waals surface area (Å²) in [5.74, 6) is -0.136. The predicted molar refractivity (Wildman–Crippen MR) is 117 cm³/mol. The molecule has 0 bridgehead atoms. The number of benzene rings is 1. The summed E-state index contributed by atoms with van der Waals surface area (Å²) >= 11 is 0. The minimum Gasteiger partial charge on any atom is -0.365 e. The van der Waals surface area contributed by atoms with Crippen LogP contribution in [0.25, 0.3) is 0 Å². The van der Waals surface area contributed by atoms with E-state index in [2.05, 4.69) is 20.9 Å². The molecule has 32 heavy (non-hydrogen) atoms. The van der Waals surface area contributed by atoms with Gasteiger partial charge in [0, 0.05) is 18.2 Å². The molecule has 3 amide bonds. The first kappa shape index (κ1) is 20.9. The highest BCUT2D eigenvalue weighted by Crippen LogP contribution is 2.33. The second-order valence-electron chi connectivity index (χ2n) is 9.27. The summed E-state index contributed by atoms with van der Waals surface area (Å²) in [5.41, 5.74) is 2.85. The van der Waals surface area contributed by atoms with Crippen LogP contribution in [0.2, 0.25) is 0 Å². The number of likely N-dealkylation sites (tertiary alicyclic amines) is 1. The Morgan fingerprint density at radius 2 is 2.09 bits per heavy atom. The van der Waals surface area contributed by atoms with Crippen molar-refractivity contribution in [3.63, 3.8) is 0 Å². The van der Waals surface area contributed by atoms with Crippen LogP contribution in [0.15, 0.2) is 24.3 Å². The van der Waals surface area contributed by atoms with Gasteiger partial charge in [-0.25, -0.2) is 9.48 Å². The van der Waals surface area contributed by atoms with Gasteiger partial charge in [0.2, 0.25) is 0 Å². The third-order valence-electron chi connectivity index (χ3n) is 6.85. The zero-order valence-corrected chi connectivity index (χ0v) is 18.5. The summed E-state index contributed by atoms with van der Waals surface area (Å²) in [6.45, 7) is 4.44. The molecule has 2 fully saturated rings. The molecule has 2 aromatic rings. The molecule has 1 aromatic carbocycles.